The van der Waals surface area contributed by atoms with Crippen LogP contribution in [-0.2, 0) is 14.6 Å². The maximum atomic E-state index is 11.3. The lowest BCUT2D eigenvalue weighted by molar-refractivity contribution is -0.0722. The SMILES string of the molecule is CCNC(CCS(C)(=O)=O)C(CC)(CC)OCC. The molecule has 0 aromatic heterocycles. The molecule has 0 rings (SSSR count). The van der Waals surface area contributed by atoms with E-state index in [9.17, 15) is 8.42 Å². The molecule has 0 aliphatic heterocycles. The van der Waals surface area contributed by atoms with Crippen molar-refractivity contribution in [3.05, 3.63) is 0 Å². The monoisotopic (exact) mass is 279 g/mol. The van der Waals surface area contributed by atoms with Crippen LogP contribution in [0.4, 0.5) is 0 Å². The molecule has 1 atom stereocenters. The van der Waals surface area contributed by atoms with Gasteiger partial charge in [-0.2, -0.15) is 0 Å². The van der Waals surface area contributed by atoms with Gasteiger partial charge in [-0.3, -0.25) is 0 Å². The predicted octanol–water partition coefficient (Wildman–Crippen LogP) is 1.99. The Morgan fingerprint density at radius 3 is 2.06 bits per heavy atom. The molecule has 18 heavy (non-hydrogen) atoms. The summed E-state index contributed by atoms with van der Waals surface area (Å²) in [6.45, 7) is 9.70. The van der Waals surface area contributed by atoms with Gasteiger partial charge in [0.15, 0.2) is 0 Å². The lowest BCUT2D eigenvalue weighted by Crippen LogP contribution is -2.52. The number of sulfone groups is 1. The summed E-state index contributed by atoms with van der Waals surface area (Å²) in [5, 5.41) is 3.39. The molecule has 0 aliphatic carbocycles. The van der Waals surface area contributed by atoms with Crippen LogP contribution in [0.1, 0.15) is 47.0 Å². The van der Waals surface area contributed by atoms with Gasteiger partial charge in [-0.1, -0.05) is 20.8 Å². The summed E-state index contributed by atoms with van der Waals surface area (Å²) in [5.74, 6) is 0.208. The van der Waals surface area contributed by atoms with E-state index >= 15 is 0 Å². The van der Waals surface area contributed by atoms with E-state index < -0.39 is 9.84 Å². The average molecular weight is 279 g/mol. The Bertz CT molecular complexity index is 310. The first kappa shape index (κ1) is 17.9. The average Bonchev–Trinajstić information content (AvgIpc) is 2.31. The molecule has 1 N–H and O–H groups in total. The van der Waals surface area contributed by atoms with Crippen molar-refractivity contribution in [2.45, 2.75) is 58.6 Å². The molecule has 1 unspecified atom stereocenters. The number of ether oxygens (including phenoxy) is 1. The highest BCUT2D eigenvalue weighted by Gasteiger charge is 2.36. The van der Waals surface area contributed by atoms with Crippen LogP contribution < -0.4 is 5.32 Å². The third-order valence-corrected chi connectivity index (χ3v) is 4.47. The molecule has 0 bridgehead atoms. The molecule has 110 valence electrons. The van der Waals surface area contributed by atoms with Crippen LogP contribution >= 0.6 is 0 Å². The van der Waals surface area contributed by atoms with Crippen molar-refractivity contribution in [3.8, 4) is 0 Å². The summed E-state index contributed by atoms with van der Waals surface area (Å²) >= 11 is 0. The second-order valence-electron chi connectivity index (χ2n) is 4.73. The van der Waals surface area contributed by atoms with Gasteiger partial charge in [0, 0.05) is 18.9 Å². The number of rotatable bonds is 10. The van der Waals surface area contributed by atoms with Crippen molar-refractivity contribution < 1.29 is 13.2 Å². The molecule has 0 aliphatic rings. The molecule has 0 amide bonds. The minimum atomic E-state index is -2.92. The normalized spacial score (nSPS) is 14.7. The Labute approximate surface area is 112 Å². The second-order valence-corrected chi connectivity index (χ2v) is 6.99. The van der Waals surface area contributed by atoms with E-state index in [2.05, 4.69) is 19.2 Å². The number of hydrogen-bond acceptors (Lipinski definition) is 4. The highest BCUT2D eigenvalue weighted by atomic mass is 32.2. The maximum Gasteiger partial charge on any atom is 0.147 e. The van der Waals surface area contributed by atoms with Gasteiger partial charge in [0.1, 0.15) is 9.84 Å². The van der Waals surface area contributed by atoms with E-state index in [-0.39, 0.29) is 17.4 Å². The first-order chi connectivity index (χ1) is 8.35. The third-order valence-electron chi connectivity index (χ3n) is 3.49. The fraction of sp³-hybridized carbons (Fsp3) is 1.00. The summed E-state index contributed by atoms with van der Waals surface area (Å²) in [5.41, 5.74) is -0.255. The molecule has 0 heterocycles. The van der Waals surface area contributed by atoms with Crippen LogP contribution in [0.3, 0.4) is 0 Å². The first-order valence-electron chi connectivity index (χ1n) is 6.90. The van der Waals surface area contributed by atoms with Crippen LogP contribution in [0.25, 0.3) is 0 Å². The molecule has 4 nitrogen and oxygen atoms in total. The molecule has 0 aromatic rings. The summed E-state index contributed by atoms with van der Waals surface area (Å²) < 4.78 is 28.6. The first-order valence-corrected chi connectivity index (χ1v) is 8.96. The lowest BCUT2D eigenvalue weighted by Gasteiger charge is -2.40. The molecular weight excluding hydrogens is 250 g/mol. The van der Waals surface area contributed by atoms with Crippen molar-refractivity contribution in [2.24, 2.45) is 0 Å². The van der Waals surface area contributed by atoms with Crippen molar-refractivity contribution in [1.82, 2.24) is 5.32 Å². The van der Waals surface area contributed by atoms with Gasteiger partial charge < -0.3 is 10.1 Å². The quantitative estimate of drug-likeness (QED) is 0.664. The molecule has 0 radical (unpaired) electrons. The van der Waals surface area contributed by atoms with E-state index in [1.54, 1.807) is 0 Å². The van der Waals surface area contributed by atoms with E-state index in [1.807, 2.05) is 13.8 Å². The Hall–Kier alpha value is -0.130. The van der Waals surface area contributed by atoms with E-state index in [4.69, 9.17) is 4.74 Å². The van der Waals surface area contributed by atoms with Gasteiger partial charge >= 0.3 is 0 Å². The zero-order valence-corrected chi connectivity index (χ0v) is 13.3. The van der Waals surface area contributed by atoms with Gasteiger partial charge in [-0.05, 0) is 32.7 Å². The molecule has 0 saturated heterocycles. The summed E-state index contributed by atoms with van der Waals surface area (Å²) in [7, 11) is -2.92. The Morgan fingerprint density at radius 2 is 1.72 bits per heavy atom. The Morgan fingerprint density at radius 1 is 1.17 bits per heavy atom. The van der Waals surface area contributed by atoms with Crippen molar-refractivity contribution in [2.75, 3.05) is 25.2 Å². The zero-order chi connectivity index (χ0) is 14.2. The van der Waals surface area contributed by atoms with Crippen molar-refractivity contribution in [3.63, 3.8) is 0 Å². The fourth-order valence-corrected chi connectivity index (χ4v) is 3.13. The molecular formula is C13H29NO3S. The summed E-state index contributed by atoms with van der Waals surface area (Å²) in [6.07, 6.45) is 3.67. The van der Waals surface area contributed by atoms with Crippen LogP contribution in [0.15, 0.2) is 0 Å². The molecule has 0 saturated carbocycles. The highest BCUT2D eigenvalue weighted by molar-refractivity contribution is 7.90. The van der Waals surface area contributed by atoms with Crippen molar-refractivity contribution in [1.29, 1.82) is 0 Å². The van der Waals surface area contributed by atoms with Gasteiger partial charge in [0.25, 0.3) is 0 Å². The topological polar surface area (TPSA) is 55.4 Å². The fourth-order valence-electron chi connectivity index (χ4n) is 2.46. The van der Waals surface area contributed by atoms with Crippen LogP contribution in [0.2, 0.25) is 0 Å². The minimum absolute atomic E-state index is 0.0900. The lowest BCUT2D eigenvalue weighted by atomic mass is 9.86. The van der Waals surface area contributed by atoms with Crippen LogP contribution in [-0.4, -0.2) is 45.2 Å². The molecule has 0 fully saturated rings. The molecule has 0 aromatic carbocycles. The van der Waals surface area contributed by atoms with Crippen LogP contribution in [0.5, 0.6) is 0 Å². The second kappa shape index (κ2) is 8.12. The highest BCUT2D eigenvalue weighted by Crippen LogP contribution is 2.27. The molecule has 0 spiro atoms. The van der Waals surface area contributed by atoms with E-state index in [1.165, 1.54) is 6.26 Å². The largest absolute Gasteiger partial charge is 0.374 e. The van der Waals surface area contributed by atoms with Crippen molar-refractivity contribution >= 4 is 9.84 Å². The smallest absolute Gasteiger partial charge is 0.147 e. The minimum Gasteiger partial charge on any atom is -0.374 e. The predicted molar refractivity (Wildman–Crippen MR) is 76.7 cm³/mol. The maximum absolute atomic E-state index is 11.3. The Kier molecular flexibility index (Phi) is 8.06. The number of nitrogens with one attached hydrogen (secondary N) is 1. The molecule has 5 heteroatoms. The van der Waals surface area contributed by atoms with Crippen LogP contribution in [0, 0.1) is 0 Å². The Balaban J connectivity index is 4.90. The summed E-state index contributed by atoms with van der Waals surface area (Å²) in [6, 6.07) is 0.0900. The van der Waals surface area contributed by atoms with E-state index in [0.717, 1.165) is 19.4 Å². The number of likely N-dealkylation sites (N-methyl/N-ethyl adjacent to an activating group) is 1. The van der Waals surface area contributed by atoms with E-state index in [0.29, 0.717) is 13.0 Å². The number of hydrogen-bond donors (Lipinski definition) is 1. The van der Waals surface area contributed by atoms with Gasteiger partial charge in [0.05, 0.1) is 11.4 Å². The van der Waals surface area contributed by atoms with Gasteiger partial charge in [-0.25, -0.2) is 8.42 Å². The zero-order valence-electron chi connectivity index (χ0n) is 12.5. The summed E-state index contributed by atoms with van der Waals surface area (Å²) in [4.78, 5) is 0. The van der Waals surface area contributed by atoms with Gasteiger partial charge in [0.2, 0.25) is 0 Å². The third kappa shape index (κ3) is 5.67. The standard InChI is InChI=1S/C13H29NO3S/c1-6-13(7-2,17-9-4)12(14-8-3)10-11-18(5,15)16/h12,14H,6-11H2,1-5H3. The van der Waals surface area contributed by atoms with Gasteiger partial charge in [-0.15, -0.1) is 0 Å².